The number of aromatic amines is 1. The average molecular weight is 206 g/mol. The van der Waals surface area contributed by atoms with Crippen LogP contribution in [0.3, 0.4) is 0 Å². The Balaban J connectivity index is 0.000000531. The van der Waals surface area contributed by atoms with Gasteiger partial charge in [0.15, 0.2) is 0 Å². The number of benzene rings is 1. The molecule has 0 unspecified atom stereocenters. The predicted octanol–water partition coefficient (Wildman–Crippen LogP) is 3.41. The van der Waals surface area contributed by atoms with Crippen LogP contribution in [0.1, 0.15) is 19.4 Å². The fourth-order valence-corrected chi connectivity index (χ4v) is 1.49. The zero-order chi connectivity index (χ0) is 11.4. The van der Waals surface area contributed by atoms with Crippen LogP contribution in [0.2, 0.25) is 0 Å². The molecule has 0 aliphatic heterocycles. The molecule has 0 saturated carbocycles. The van der Waals surface area contributed by atoms with Crippen molar-refractivity contribution in [2.24, 2.45) is 0 Å². The Morgan fingerprint density at radius 3 is 2.60 bits per heavy atom. The Bertz CT molecular complexity index is 474. The molecule has 15 heavy (non-hydrogen) atoms. The Hall–Kier alpha value is -1.84. The number of nitrogens with one attached hydrogen (secondary N) is 1. The number of non-ortho nitro benzene ring substituents is 1. The molecule has 1 heterocycles. The summed E-state index contributed by atoms with van der Waals surface area (Å²) < 4.78 is 0. The van der Waals surface area contributed by atoms with E-state index in [2.05, 4.69) is 4.98 Å². The molecule has 1 aromatic carbocycles. The molecular formula is C11H14N2O2. The number of hydrogen-bond donors (Lipinski definition) is 1. The van der Waals surface area contributed by atoms with Crippen molar-refractivity contribution >= 4 is 16.6 Å². The molecule has 0 amide bonds. The number of nitro benzene ring substituents is 1. The van der Waals surface area contributed by atoms with Crippen molar-refractivity contribution in [3.63, 3.8) is 0 Å². The topological polar surface area (TPSA) is 58.9 Å². The van der Waals surface area contributed by atoms with Crippen molar-refractivity contribution in [2.45, 2.75) is 20.8 Å². The van der Waals surface area contributed by atoms with Crippen LogP contribution >= 0.6 is 0 Å². The number of fused-ring (bicyclic) bond motifs is 1. The van der Waals surface area contributed by atoms with E-state index in [1.54, 1.807) is 12.3 Å². The molecule has 0 bridgehead atoms. The van der Waals surface area contributed by atoms with Gasteiger partial charge in [0.05, 0.1) is 15.8 Å². The SMILES string of the molecule is CC.Cc1c[nH]c2cccc([N+](=O)[O-])c12. The van der Waals surface area contributed by atoms with E-state index in [9.17, 15) is 10.1 Å². The van der Waals surface area contributed by atoms with Crippen LogP contribution in [-0.2, 0) is 0 Å². The van der Waals surface area contributed by atoms with Crippen LogP contribution in [0.15, 0.2) is 24.4 Å². The van der Waals surface area contributed by atoms with Gasteiger partial charge in [0.1, 0.15) is 0 Å². The predicted molar refractivity (Wildman–Crippen MR) is 61.0 cm³/mol. The van der Waals surface area contributed by atoms with Gasteiger partial charge in [0.25, 0.3) is 5.69 Å². The molecule has 1 aromatic heterocycles. The zero-order valence-corrected chi connectivity index (χ0v) is 9.07. The summed E-state index contributed by atoms with van der Waals surface area (Å²) in [6, 6.07) is 5.02. The molecule has 0 spiro atoms. The molecule has 0 saturated heterocycles. The van der Waals surface area contributed by atoms with Crippen LogP contribution in [0.4, 0.5) is 5.69 Å². The first kappa shape index (κ1) is 11.2. The monoisotopic (exact) mass is 206 g/mol. The average Bonchev–Trinajstić information content (AvgIpc) is 2.63. The van der Waals surface area contributed by atoms with Crippen molar-refractivity contribution in [3.8, 4) is 0 Å². The molecular weight excluding hydrogens is 192 g/mol. The Labute approximate surface area is 88.1 Å². The number of H-pyrrole nitrogens is 1. The highest BCUT2D eigenvalue weighted by Crippen LogP contribution is 2.27. The zero-order valence-electron chi connectivity index (χ0n) is 9.07. The second-order valence-electron chi connectivity index (χ2n) is 2.93. The van der Waals surface area contributed by atoms with Gasteiger partial charge in [0, 0.05) is 12.3 Å². The summed E-state index contributed by atoms with van der Waals surface area (Å²) in [5.41, 5.74) is 1.88. The lowest BCUT2D eigenvalue weighted by atomic mass is 10.1. The number of rotatable bonds is 1. The number of hydrogen-bond acceptors (Lipinski definition) is 2. The van der Waals surface area contributed by atoms with Gasteiger partial charge in [0.2, 0.25) is 0 Å². The van der Waals surface area contributed by atoms with Crippen LogP contribution in [-0.4, -0.2) is 9.91 Å². The van der Waals surface area contributed by atoms with Crippen molar-refractivity contribution in [2.75, 3.05) is 0 Å². The van der Waals surface area contributed by atoms with E-state index in [1.165, 1.54) is 6.07 Å². The molecule has 2 rings (SSSR count). The largest absolute Gasteiger partial charge is 0.361 e. The normalized spacial score (nSPS) is 9.53. The standard InChI is InChI=1S/C9H8N2O2.C2H6/c1-6-5-10-7-3-2-4-8(9(6)7)11(12)13;1-2/h2-5,10H,1H3;1-2H3. The molecule has 4 nitrogen and oxygen atoms in total. The molecule has 0 atom stereocenters. The van der Waals surface area contributed by atoms with Crippen LogP contribution in [0.5, 0.6) is 0 Å². The number of nitrogens with zero attached hydrogens (tertiary/aromatic N) is 1. The van der Waals surface area contributed by atoms with Gasteiger partial charge < -0.3 is 4.98 Å². The summed E-state index contributed by atoms with van der Waals surface area (Å²) in [6.45, 7) is 5.85. The van der Waals surface area contributed by atoms with E-state index in [-0.39, 0.29) is 10.6 Å². The van der Waals surface area contributed by atoms with E-state index >= 15 is 0 Å². The molecule has 0 radical (unpaired) electrons. The third-order valence-electron chi connectivity index (χ3n) is 2.08. The minimum absolute atomic E-state index is 0.163. The lowest BCUT2D eigenvalue weighted by molar-refractivity contribution is -0.383. The molecule has 4 heteroatoms. The van der Waals surface area contributed by atoms with Gasteiger partial charge in [-0.05, 0) is 18.6 Å². The van der Waals surface area contributed by atoms with Gasteiger partial charge in [-0.2, -0.15) is 0 Å². The number of aromatic nitrogens is 1. The third-order valence-corrected chi connectivity index (χ3v) is 2.08. The first-order chi connectivity index (χ1) is 7.20. The molecule has 1 N–H and O–H groups in total. The molecule has 80 valence electrons. The quantitative estimate of drug-likeness (QED) is 0.574. The van der Waals surface area contributed by atoms with Crippen LogP contribution in [0, 0.1) is 17.0 Å². The molecule has 0 aliphatic carbocycles. The van der Waals surface area contributed by atoms with E-state index in [4.69, 9.17) is 0 Å². The molecule has 0 fully saturated rings. The second-order valence-corrected chi connectivity index (χ2v) is 2.93. The fourth-order valence-electron chi connectivity index (χ4n) is 1.49. The number of nitro groups is 1. The van der Waals surface area contributed by atoms with Gasteiger partial charge >= 0.3 is 0 Å². The number of aryl methyl sites for hydroxylation is 1. The minimum atomic E-state index is -0.358. The minimum Gasteiger partial charge on any atom is -0.361 e. The Morgan fingerprint density at radius 2 is 2.00 bits per heavy atom. The fraction of sp³-hybridized carbons (Fsp3) is 0.273. The van der Waals surface area contributed by atoms with Crippen molar-refractivity contribution in [3.05, 3.63) is 40.1 Å². The first-order valence-electron chi connectivity index (χ1n) is 4.91. The van der Waals surface area contributed by atoms with Gasteiger partial charge in [-0.15, -0.1) is 0 Å². The highest BCUT2D eigenvalue weighted by molar-refractivity contribution is 5.91. The maximum Gasteiger partial charge on any atom is 0.279 e. The Morgan fingerprint density at radius 1 is 1.33 bits per heavy atom. The van der Waals surface area contributed by atoms with Crippen LogP contribution in [0.25, 0.3) is 10.9 Å². The first-order valence-corrected chi connectivity index (χ1v) is 4.91. The lowest BCUT2D eigenvalue weighted by Crippen LogP contribution is -1.88. The van der Waals surface area contributed by atoms with E-state index < -0.39 is 0 Å². The van der Waals surface area contributed by atoms with E-state index in [1.807, 2.05) is 26.8 Å². The highest BCUT2D eigenvalue weighted by Gasteiger charge is 2.13. The Kier molecular flexibility index (Phi) is 3.44. The summed E-state index contributed by atoms with van der Waals surface area (Å²) in [5, 5.41) is 11.4. The highest BCUT2D eigenvalue weighted by atomic mass is 16.6. The summed E-state index contributed by atoms with van der Waals surface area (Å²) in [5.74, 6) is 0. The summed E-state index contributed by atoms with van der Waals surface area (Å²) in [6.07, 6.45) is 1.78. The van der Waals surface area contributed by atoms with Crippen molar-refractivity contribution in [1.82, 2.24) is 4.98 Å². The maximum absolute atomic E-state index is 10.7. The van der Waals surface area contributed by atoms with E-state index in [0.717, 1.165) is 11.1 Å². The smallest absolute Gasteiger partial charge is 0.279 e. The van der Waals surface area contributed by atoms with Gasteiger partial charge in [-0.3, -0.25) is 10.1 Å². The summed E-state index contributed by atoms with van der Waals surface area (Å²) in [4.78, 5) is 13.3. The maximum atomic E-state index is 10.7. The summed E-state index contributed by atoms with van der Waals surface area (Å²) >= 11 is 0. The van der Waals surface area contributed by atoms with E-state index in [0.29, 0.717) is 5.39 Å². The second kappa shape index (κ2) is 4.59. The van der Waals surface area contributed by atoms with Gasteiger partial charge in [-0.1, -0.05) is 19.9 Å². The van der Waals surface area contributed by atoms with Crippen molar-refractivity contribution < 1.29 is 4.92 Å². The molecule has 2 aromatic rings. The van der Waals surface area contributed by atoms with Gasteiger partial charge in [-0.25, -0.2) is 0 Å². The molecule has 0 aliphatic rings. The van der Waals surface area contributed by atoms with Crippen LogP contribution < -0.4 is 0 Å². The summed E-state index contributed by atoms with van der Waals surface area (Å²) in [7, 11) is 0. The lowest BCUT2D eigenvalue weighted by Gasteiger charge is -1.94. The van der Waals surface area contributed by atoms with Crippen molar-refractivity contribution in [1.29, 1.82) is 0 Å². The third kappa shape index (κ3) is 1.98.